The third kappa shape index (κ3) is 3.85. The van der Waals surface area contributed by atoms with Gasteiger partial charge in [-0.2, -0.15) is 0 Å². The van der Waals surface area contributed by atoms with E-state index in [1.54, 1.807) is 32.2 Å². The fourth-order valence-corrected chi connectivity index (χ4v) is 4.63. The standard InChI is InChI=1S/C24H23N3O4S/c1-14(22(28)26-17-10-11-18(30-3)19(12-17)31-4)27-13-25-23-21(24(27)29)20(15(2)32-23)16-8-6-5-7-9-16/h5-14H,1-4H3,(H,26,28). The Labute approximate surface area is 189 Å². The number of rotatable bonds is 6. The lowest BCUT2D eigenvalue weighted by Crippen LogP contribution is -2.31. The van der Waals surface area contributed by atoms with E-state index in [0.29, 0.717) is 27.4 Å². The van der Waals surface area contributed by atoms with Gasteiger partial charge in [-0.25, -0.2) is 4.98 Å². The van der Waals surface area contributed by atoms with Crippen LogP contribution in [0.5, 0.6) is 11.5 Å². The molecule has 164 valence electrons. The van der Waals surface area contributed by atoms with Crippen molar-refractivity contribution in [2.75, 3.05) is 19.5 Å². The number of nitrogens with zero attached hydrogens (tertiary/aromatic N) is 2. The summed E-state index contributed by atoms with van der Waals surface area (Å²) >= 11 is 1.48. The average molecular weight is 450 g/mol. The van der Waals surface area contributed by atoms with E-state index in [-0.39, 0.29) is 11.5 Å². The normalized spacial score (nSPS) is 11.9. The van der Waals surface area contributed by atoms with Crippen molar-refractivity contribution in [1.29, 1.82) is 0 Å². The average Bonchev–Trinajstić information content (AvgIpc) is 3.16. The third-order valence-electron chi connectivity index (χ3n) is 5.32. The first-order valence-electron chi connectivity index (χ1n) is 10.0. The van der Waals surface area contributed by atoms with E-state index in [4.69, 9.17) is 9.47 Å². The number of fused-ring (bicyclic) bond motifs is 1. The van der Waals surface area contributed by atoms with Gasteiger partial charge in [0.1, 0.15) is 10.9 Å². The molecule has 0 aliphatic heterocycles. The molecule has 0 fully saturated rings. The van der Waals surface area contributed by atoms with Gasteiger partial charge in [0.25, 0.3) is 5.56 Å². The van der Waals surface area contributed by atoms with Crippen molar-refractivity contribution in [2.24, 2.45) is 0 Å². The molecule has 0 saturated carbocycles. The molecule has 0 spiro atoms. The molecule has 8 heteroatoms. The van der Waals surface area contributed by atoms with Gasteiger partial charge >= 0.3 is 0 Å². The van der Waals surface area contributed by atoms with E-state index in [1.165, 1.54) is 29.3 Å². The number of methoxy groups -OCH3 is 2. The number of carbonyl (C=O) groups is 1. The molecule has 0 saturated heterocycles. The molecule has 0 bridgehead atoms. The van der Waals surface area contributed by atoms with Crippen LogP contribution in [0.2, 0.25) is 0 Å². The number of ether oxygens (including phenoxy) is 2. The van der Waals surface area contributed by atoms with Crippen LogP contribution < -0.4 is 20.3 Å². The van der Waals surface area contributed by atoms with Gasteiger partial charge < -0.3 is 14.8 Å². The predicted molar refractivity (Wildman–Crippen MR) is 127 cm³/mol. The maximum Gasteiger partial charge on any atom is 0.263 e. The number of benzene rings is 2. The fourth-order valence-electron chi connectivity index (χ4n) is 3.63. The minimum atomic E-state index is -0.767. The molecule has 1 N–H and O–H groups in total. The number of anilines is 1. The lowest BCUT2D eigenvalue weighted by atomic mass is 10.0. The first-order chi connectivity index (χ1) is 15.4. The van der Waals surface area contributed by atoms with Crippen LogP contribution in [0.3, 0.4) is 0 Å². The van der Waals surface area contributed by atoms with E-state index in [0.717, 1.165) is 16.0 Å². The summed E-state index contributed by atoms with van der Waals surface area (Å²) in [4.78, 5) is 32.5. The molecule has 32 heavy (non-hydrogen) atoms. The molecule has 2 aromatic heterocycles. The van der Waals surface area contributed by atoms with Crippen LogP contribution in [-0.2, 0) is 4.79 Å². The van der Waals surface area contributed by atoms with Crippen molar-refractivity contribution in [3.05, 3.63) is 70.1 Å². The lowest BCUT2D eigenvalue weighted by Gasteiger charge is -2.16. The first kappa shape index (κ1) is 21.6. The molecule has 0 aliphatic rings. The minimum Gasteiger partial charge on any atom is -0.493 e. The van der Waals surface area contributed by atoms with Crippen LogP contribution in [0.1, 0.15) is 17.8 Å². The van der Waals surface area contributed by atoms with E-state index in [2.05, 4.69) is 10.3 Å². The maximum absolute atomic E-state index is 13.4. The predicted octanol–water partition coefficient (Wildman–Crippen LogP) is 4.65. The molecule has 1 unspecified atom stereocenters. The quantitative estimate of drug-likeness (QED) is 0.463. The highest BCUT2D eigenvalue weighted by Gasteiger charge is 2.22. The van der Waals surface area contributed by atoms with Crippen LogP contribution in [-0.4, -0.2) is 29.7 Å². The van der Waals surface area contributed by atoms with Gasteiger partial charge in [-0.1, -0.05) is 30.3 Å². The second-order valence-electron chi connectivity index (χ2n) is 7.27. The van der Waals surface area contributed by atoms with E-state index in [9.17, 15) is 9.59 Å². The van der Waals surface area contributed by atoms with Gasteiger partial charge in [0, 0.05) is 22.2 Å². The summed E-state index contributed by atoms with van der Waals surface area (Å²) in [5, 5.41) is 3.37. The summed E-state index contributed by atoms with van der Waals surface area (Å²) in [6, 6.07) is 14.1. The largest absolute Gasteiger partial charge is 0.493 e. The van der Waals surface area contributed by atoms with E-state index in [1.807, 2.05) is 37.3 Å². The molecule has 2 aromatic carbocycles. The Balaban J connectivity index is 1.70. The number of aryl methyl sites for hydroxylation is 1. The van der Waals surface area contributed by atoms with Gasteiger partial charge in [0.15, 0.2) is 11.5 Å². The molecular weight excluding hydrogens is 426 g/mol. The Morgan fingerprint density at radius 3 is 2.50 bits per heavy atom. The Bertz CT molecular complexity index is 1340. The van der Waals surface area contributed by atoms with Crippen molar-refractivity contribution in [1.82, 2.24) is 9.55 Å². The van der Waals surface area contributed by atoms with Crippen molar-refractivity contribution < 1.29 is 14.3 Å². The van der Waals surface area contributed by atoms with Gasteiger partial charge in [0.05, 0.1) is 25.9 Å². The Kier molecular flexibility index (Phi) is 5.96. The van der Waals surface area contributed by atoms with Crippen molar-refractivity contribution in [2.45, 2.75) is 19.9 Å². The van der Waals surface area contributed by atoms with Crippen molar-refractivity contribution >= 4 is 33.1 Å². The molecule has 1 atom stereocenters. The first-order valence-corrected chi connectivity index (χ1v) is 10.8. The van der Waals surface area contributed by atoms with Crippen LogP contribution in [0, 0.1) is 6.92 Å². The molecule has 4 aromatic rings. The molecule has 4 rings (SSSR count). The highest BCUT2D eigenvalue weighted by Crippen LogP contribution is 2.35. The minimum absolute atomic E-state index is 0.242. The zero-order valence-corrected chi connectivity index (χ0v) is 19.0. The van der Waals surface area contributed by atoms with Crippen LogP contribution in [0.4, 0.5) is 5.69 Å². The molecule has 0 aliphatic carbocycles. The van der Waals surface area contributed by atoms with Gasteiger partial charge in [-0.15, -0.1) is 11.3 Å². The third-order valence-corrected chi connectivity index (χ3v) is 6.34. The Morgan fingerprint density at radius 1 is 1.09 bits per heavy atom. The summed E-state index contributed by atoms with van der Waals surface area (Å²) in [5.74, 6) is 0.721. The van der Waals surface area contributed by atoms with Crippen molar-refractivity contribution in [3.63, 3.8) is 0 Å². The number of thiophene rings is 1. The Morgan fingerprint density at radius 2 is 1.81 bits per heavy atom. The lowest BCUT2D eigenvalue weighted by molar-refractivity contribution is -0.118. The number of aromatic nitrogens is 2. The van der Waals surface area contributed by atoms with Gasteiger partial charge in [-0.3, -0.25) is 14.2 Å². The fraction of sp³-hybridized carbons (Fsp3) is 0.208. The molecular formula is C24H23N3O4S. The number of nitrogens with one attached hydrogen (secondary N) is 1. The Hall–Kier alpha value is -3.65. The van der Waals surface area contributed by atoms with E-state index < -0.39 is 6.04 Å². The number of amides is 1. The second-order valence-corrected chi connectivity index (χ2v) is 8.47. The summed E-state index contributed by atoms with van der Waals surface area (Å²) < 4.78 is 11.9. The summed E-state index contributed by atoms with van der Waals surface area (Å²) in [7, 11) is 3.07. The SMILES string of the molecule is COc1ccc(NC(=O)C(C)n2cnc3sc(C)c(-c4ccccc4)c3c2=O)cc1OC. The van der Waals surface area contributed by atoms with Crippen LogP contribution in [0.15, 0.2) is 59.7 Å². The number of hydrogen-bond donors (Lipinski definition) is 1. The summed E-state index contributed by atoms with van der Waals surface area (Å²) in [6.45, 7) is 3.65. The zero-order chi connectivity index (χ0) is 22.8. The molecule has 0 radical (unpaired) electrons. The smallest absolute Gasteiger partial charge is 0.263 e. The molecule has 7 nitrogen and oxygen atoms in total. The zero-order valence-electron chi connectivity index (χ0n) is 18.2. The number of carbonyl (C=O) groups excluding carboxylic acids is 1. The number of hydrogen-bond acceptors (Lipinski definition) is 6. The van der Waals surface area contributed by atoms with Gasteiger partial charge in [0.2, 0.25) is 5.91 Å². The maximum atomic E-state index is 13.4. The summed E-state index contributed by atoms with van der Waals surface area (Å²) in [6.07, 6.45) is 1.44. The van der Waals surface area contributed by atoms with Gasteiger partial charge in [-0.05, 0) is 31.5 Å². The van der Waals surface area contributed by atoms with Crippen LogP contribution in [0.25, 0.3) is 21.3 Å². The molecule has 2 heterocycles. The highest BCUT2D eigenvalue weighted by molar-refractivity contribution is 7.19. The van der Waals surface area contributed by atoms with E-state index >= 15 is 0 Å². The topological polar surface area (TPSA) is 82.5 Å². The molecule has 1 amide bonds. The second kappa shape index (κ2) is 8.84. The summed E-state index contributed by atoms with van der Waals surface area (Å²) in [5.41, 5.74) is 2.12. The highest BCUT2D eigenvalue weighted by atomic mass is 32.1. The van der Waals surface area contributed by atoms with Crippen LogP contribution >= 0.6 is 11.3 Å². The van der Waals surface area contributed by atoms with Crippen molar-refractivity contribution in [3.8, 4) is 22.6 Å². The monoisotopic (exact) mass is 449 g/mol.